The summed E-state index contributed by atoms with van der Waals surface area (Å²) >= 11 is 0. The van der Waals surface area contributed by atoms with E-state index in [2.05, 4.69) is 17.6 Å². The van der Waals surface area contributed by atoms with Gasteiger partial charge in [0.25, 0.3) is 0 Å². The van der Waals surface area contributed by atoms with E-state index in [0.717, 1.165) is 52.5 Å². The van der Waals surface area contributed by atoms with Crippen molar-refractivity contribution in [3.05, 3.63) is 78.6 Å². The number of hydrogen-bond acceptors (Lipinski definition) is 3. The second kappa shape index (κ2) is 9.82. The molecule has 0 fully saturated rings. The van der Waals surface area contributed by atoms with Crippen molar-refractivity contribution in [2.75, 3.05) is 21.3 Å². The third kappa shape index (κ3) is 4.44. The summed E-state index contributed by atoms with van der Waals surface area (Å²) in [6.07, 6.45) is 0.907. The van der Waals surface area contributed by atoms with Gasteiger partial charge in [0.05, 0.1) is 27.0 Å². The van der Waals surface area contributed by atoms with E-state index in [1.54, 1.807) is 33.5 Å². The minimum absolute atomic E-state index is 0.319. The molecular weight excluding hydrogens is 417 g/mol. The van der Waals surface area contributed by atoms with Crippen LogP contribution >= 0.6 is 0 Å². The summed E-state index contributed by atoms with van der Waals surface area (Å²) in [4.78, 5) is 0. The van der Waals surface area contributed by atoms with Crippen LogP contribution in [0.5, 0.6) is 17.2 Å². The van der Waals surface area contributed by atoms with Crippen molar-refractivity contribution in [3.63, 3.8) is 0 Å². The molecule has 0 radical (unpaired) electrons. The first-order valence-electron chi connectivity index (χ1n) is 11.0. The number of nitrogens with zero attached hydrogens (tertiary/aromatic N) is 1. The summed E-state index contributed by atoms with van der Waals surface area (Å²) in [6, 6.07) is 23.0. The average molecular weight is 446 g/mol. The molecule has 4 nitrogen and oxygen atoms in total. The van der Waals surface area contributed by atoms with Crippen LogP contribution < -0.4 is 14.2 Å². The number of halogens is 1. The highest BCUT2D eigenvalue weighted by molar-refractivity contribution is 5.87. The van der Waals surface area contributed by atoms with E-state index in [4.69, 9.17) is 14.2 Å². The van der Waals surface area contributed by atoms with Gasteiger partial charge in [-0.15, -0.1) is 0 Å². The molecule has 0 saturated carbocycles. The minimum Gasteiger partial charge on any atom is -0.497 e. The van der Waals surface area contributed by atoms with Crippen LogP contribution in [0, 0.1) is 5.82 Å². The quantitative estimate of drug-likeness (QED) is 0.291. The van der Waals surface area contributed by atoms with Crippen LogP contribution in [0.1, 0.15) is 13.3 Å². The zero-order valence-electron chi connectivity index (χ0n) is 19.4. The van der Waals surface area contributed by atoms with Gasteiger partial charge in [-0.05, 0) is 72.1 Å². The predicted molar refractivity (Wildman–Crippen MR) is 131 cm³/mol. The van der Waals surface area contributed by atoms with Crippen molar-refractivity contribution in [1.82, 2.24) is 4.57 Å². The first-order valence-corrected chi connectivity index (χ1v) is 11.0. The number of rotatable bonds is 8. The van der Waals surface area contributed by atoms with Gasteiger partial charge in [-0.25, -0.2) is 4.39 Å². The van der Waals surface area contributed by atoms with Crippen LogP contribution in [0.4, 0.5) is 4.39 Å². The van der Waals surface area contributed by atoms with Crippen molar-refractivity contribution < 1.29 is 18.6 Å². The van der Waals surface area contributed by atoms with Gasteiger partial charge in [0.2, 0.25) is 0 Å². The van der Waals surface area contributed by atoms with Crippen LogP contribution in [-0.2, 0) is 6.54 Å². The molecule has 0 N–H and O–H groups in total. The van der Waals surface area contributed by atoms with Gasteiger partial charge < -0.3 is 18.8 Å². The molecule has 0 spiro atoms. The van der Waals surface area contributed by atoms with E-state index in [9.17, 15) is 0 Å². The number of ether oxygens (including phenoxy) is 3. The highest BCUT2D eigenvalue weighted by atomic mass is 19.1. The van der Waals surface area contributed by atoms with Crippen molar-refractivity contribution in [1.29, 1.82) is 0 Å². The monoisotopic (exact) mass is 445 g/mol. The van der Waals surface area contributed by atoms with E-state index in [1.807, 2.05) is 48.5 Å². The lowest BCUT2D eigenvalue weighted by Crippen LogP contribution is -2.03. The SMILES string of the molecule is CCCn1c(-c2ccc(OC)cc2)cc(-c2ccc(OC)cc2)c1-c1ccc(OC)cc1F. The summed E-state index contributed by atoms with van der Waals surface area (Å²) in [6.45, 7) is 2.87. The van der Waals surface area contributed by atoms with Crippen LogP contribution in [0.25, 0.3) is 33.6 Å². The number of aromatic nitrogens is 1. The minimum atomic E-state index is -0.319. The molecule has 4 aromatic rings. The molecule has 0 aliphatic carbocycles. The lowest BCUT2D eigenvalue weighted by molar-refractivity contribution is 0.411. The molecule has 3 aromatic carbocycles. The molecule has 0 unspecified atom stereocenters. The zero-order chi connectivity index (χ0) is 23.4. The normalized spacial score (nSPS) is 10.8. The molecule has 1 heterocycles. The van der Waals surface area contributed by atoms with Crippen LogP contribution in [0.15, 0.2) is 72.8 Å². The van der Waals surface area contributed by atoms with Crippen LogP contribution in [0.3, 0.4) is 0 Å². The molecule has 0 atom stereocenters. The smallest absolute Gasteiger partial charge is 0.136 e. The Morgan fingerprint density at radius 1 is 0.667 bits per heavy atom. The molecule has 170 valence electrons. The molecule has 0 saturated heterocycles. The topological polar surface area (TPSA) is 32.6 Å². The summed E-state index contributed by atoms with van der Waals surface area (Å²) in [5, 5.41) is 0. The van der Waals surface area contributed by atoms with E-state index < -0.39 is 0 Å². The Labute approximate surface area is 194 Å². The average Bonchev–Trinajstić information content (AvgIpc) is 3.23. The van der Waals surface area contributed by atoms with Gasteiger partial charge in [0.1, 0.15) is 23.1 Å². The Morgan fingerprint density at radius 3 is 1.73 bits per heavy atom. The summed E-state index contributed by atoms with van der Waals surface area (Å²) in [7, 11) is 4.84. The van der Waals surface area contributed by atoms with Crippen molar-refractivity contribution in [3.8, 4) is 50.9 Å². The Morgan fingerprint density at radius 2 is 1.21 bits per heavy atom. The lowest BCUT2D eigenvalue weighted by Gasteiger charge is -2.16. The third-order valence-electron chi connectivity index (χ3n) is 5.76. The summed E-state index contributed by atoms with van der Waals surface area (Å²) < 4.78 is 33.4. The molecule has 4 rings (SSSR count). The van der Waals surface area contributed by atoms with Gasteiger partial charge in [0.15, 0.2) is 0 Å². The first kappa shape index (κ1) is 22.5. The van der Waals surface area contributed by atoms with Gasteiger partial charge in [-0.3, -0.25) is 0 Å². The maximum Gasteiger partial charge on any atom is 0.136 e. The molecule has 1 aromatic heterocycles. The second-order valence-electron chi connectivity index (χ2n) is 7.75. The van der Waals surface area contributed by atoms with Gasteiger partial charge in [-0.2, -0.15) is 0 Å². The largest absolute Gasteiger partial charge is 0.497 e. The van der Waals surface area contributed by atoms with Crippen molar-refractivity contribution in [2.24, 2.45) is 0 Å². The number of benzene rings is 3. The van der Waals surface area contributed by atoms with E-state index in [-0.39, 0.29) is 5.82 Å². The zero-order valence-corrected chi connectivity index (χ0v) is 19.4. The van der Waals surface area contributed by atoms with Gasteiger partial charge in [0, 0.05) is 29.4 Å². The second-order valence-corrected chi connectivity index (χ2v) is 7.75. The Hall–Kier alpha value is -3.73. The van der Waals surface area contributed by atoms with Gasteiger partial charge >= 0.3 is 0 Å². The Kier molecular flexibility index (Phi) is 6.68. The van der Waals surface area contributed by atoms with Gasteiger partial charge in [-0.1, -0.05) is 19.1 Å². The number of hydrogen-bond donors (Lipinski definition) is 0. The highest BCUT2D eigenvalue weighted by Crippen LogP contribution is 2.41. The molecule has 0 bridgehead atoms. The fourth-order valence-corrected chi connectivity index (χ4v) is 4.10. The predicted octanol–water partition coefficient (Wildman–Crippen LogP) is 7.06. The maximum atomic E-state index is 15.3. The van der Waals surface area contributed by atoms with Crippen LogP contribution in [-0.4, -0.2) is 25.9 Å². The summed E-state index contributed by atoms with van der Waals surface area (Å²) in [5.74, 6) is 1.75. The standard InChI is InChI=1S/C28H28FNO3/c1-5-16-30-27(20-8-12-22(32-3)13-9-20)18-25(19-6-10-21(31-2)11-7-19)28(30)24-15-14-23(33-4)17-26(24)29/h6-15,17-18H,5,16H2,1-4H3. The van der Waals surface area contributed by atoms with E-state index >= 15 is 4.39 Å². The molecular formula is C28H28FNO3. The highest BCUT2D eigenvalue weighted by Gasteiger charge is 2.21. The molecule has 0 amide bonds. The molecule has 33 heavy (non-hydrogen) atoms. The molecule has 0 aliphatic heterocycles. The maximum absolute atomic E-state index is 15.3. The lowest BCUT2D eigenvalue weighted by atomic mass is 10.00. The fourth-order valence-electron chi connectivity index (χ4n) is 4.10. The Balaban J connectivity index is 1.98. The van der Waals surface area contributed by atoms with E-state index in [0.29, 0.717) is 11.3 Å². The molecule has 0 aliphatic rings. The Bertz CT molecular complexity index is 1230. The first-order chi connectivity index (χ1) is 16.1. The summed E-state index contributed by atoms with van der Waals surface area (Å²) in [5.41, 5.74) is 5.39. The van der Waals surface area contributed by atoms with Crippen LogP contribution in [0.2, 0.25) is 0 Å². The fraction of sp³-hybridized carbons (Fsp3) is 0.214. The van der Waals surface area contributed by atoms with Crippen molar-refractivity contribution >= 4 is 0 Å². The third-order valence-corrected chi connectivity index (χ3v) is 5.76. The van der Waals surface area contributed by atoms with Crippen molar-refractivity contribution in [2.45, 2.75) is 19.9 Å². The molecule has 5 heteroatoms. The van der Waals surface area contributed by atoms with E-state index in [1.165, 1.54) is 6.07 Å². The number of methoxy groups -OCH3 is 3.